The lowest BCUT2D eigenvalue weighted by Crippen LogP contribution is -2.52. The molecule has 0 radical (unpaired) electrons. The fraction of sp³-hybridized carbons (Fsp3) is 0.500. The van der Waals surface area contributed by atoms with Crippen LogP contribution in [0, 0.1) is 0 Å². The van der Waals surface area contributed by atoms with E-state index in [9.17, 15) is 0 Å². The lowest BCUT2D eigenvalue weighted by Gasteiger charge is -2.38. The molecule has 1 aromatic carbocycles. The van der Waals surface area contributed by atoms with Crippen molar-refractivity contribution in [3.63, 3.8) is 0 Å². The summed E-state index contributed by atoms with van der Waals surface area (Å²) in [6.07, 6.45) is 1.92. The summed E-state index contributed by atoms with van der Waals surface area (Å²) in [6.45, 7) is 8.66. The number of hydrogen-bond acceptors (Lipinski definition) is 6. The van der Waals surface area contributed by atoms with Gasteiger partial charge in [-0.25, -0.2) is 4.98 Å². The van der Waals surface area contributed by atoms with Crippen molar-refractivity contribution in [2.24, 2.45) is 4.99 Å². The predicted molar refractivity (Wildman–Crippen MR) is 131 cm³/mol. The van der Waals surface area contributed by atoms with Crippen molar-refractivity contribution in [3.05, 3.63) is 48.2 Å². The molecule has 0 unspecified atom stereocenters. The Balaban J connectivity index is 1.32. The number of hydrogen-bond donors (Lipinski definition) is 1. The number of aliphatic imine (C=N–C) groups is 1. The SMILES string of the molecule is CN=C(NCc1ccnc(N2CCN(C)CC2)c1)N1CCN(c2ccccc2OC)CC1. The Labute approximate surface area is 191 Å². The standard InChI is InChI=1S/C24H35N7O/c1-25-24(31-16-14-29(15-17-31)21-6-4-5-7-22(21)32-3)27-19-20-8-9-26-23(18-20)30-12-10-28(2)11-13-30/h4-9,18H,10-17,19H2,1-3H3,(H,25,27). The van der Waals surface area contributed by atoms with E-state index in [1.807, 2.05) is 25.4 Å². The molecular formula is C24H35N7O. The topological polar surface area (TPSA) is 59.5 Å². The highest BCUT2D eigenvalue weighted by atomic mass is 16.5. The lowest BCUT2D eigenvalue weighted by molar-refractivity contribution is 0.312. The molecule has 8 heteroatoms. The molecule has 0 aliphatic carbocycles. The molecule has 172 valence electrons. The minimum atomic E-state index is 0.739. The maximum Gasteiger partial charge on any atom is 0.194 e. The number of benzene rings is 1. The summed E-state index contributed by atoms with van der Waals surface area (Å²) in [4.78, 5) is 18.6. The lowest BCUT2D eigenvalue weighted by atomic mass is 10.2. The van der Waals surface area contributed by atoms with Crippen LogP contribution in [0.25, 0.3) is 0 Å². The predicted octanol–water partition coefficient (Wildman–Crippen LogP) is 1.74. The van der Waals surface area contributed by atoms with Gasteiger partial charge in [-0.1, -0.05) is 12.1 Å². The number of para-hydroxylation sites is 2. The number of aromatic nitrogens is 1. The first-order valence-electron chi connectivity index (χ1n) is 11.4. The van der Waals surface area contributed by atoms with Crippen molar-refractivity contribution in [2.75, 3.05) is 83.4 Å². The molecule has 1 aromatic heterocycles. The highest BCUT2D eigenvalue weighted by Gasteiger charge is 2.22. The van der Waals surface area contributed by atoms with Gasteiger partial charge in [0.2, 0.25) is 0 Å². The highest BCUT2D eigenvalue weighted by molar-refractivity contribution is 5.80. The van der Waals surface area contributed by atoms with Gasteiger partial charge in [0, 0.05) is 72.1 Å². The summed E-state index contributed by atoms with van der Waals surface area (Å²) in [6, 6.07) is 12.5. The zero-order valence-electron chi connectivity index (χ0n) is 19.5. The zero-order valence-corrected chi connectivity index (χ0v) is 19.5. The molecule has 3 heterocycles. The van der Waals surface area contributed by atoms with Crippen LogP contribution in [0.1, 0.15) is 5.56 Å². The van der Waals surface area contributed by atoms with Crippen LogP contribution in [0.3, 0.4) is 0 Å². The third-order valence-electron chi connectivity index (χ3n) is 6.30. The summed E-state index contributed by atoms with van der Waals surface area (Å²) in [7, 11) is 5.76. The van der Waals surface area contributed by atoms with Crippen molar-refractivity contribution >= 4 is 17.5 Å². The van der Waals surface area contributed by atoms with E-state index in [0.717, 1.165) is 82.1 Å². The first-order valence-corrected chi connectivity index (χ1v) is 11.4. The Morgan fingerprint density at radius 2 is 1.72 bits per heavy atom. The van der Waals surface area contributed by atoms with E-state index in [4.69, 9.17) is 4.74 Å². The van der Waals surface area contributed by atoms with Gasteiger partial charge >= 0.3 is 0 Å². The van der Waals surface area contributed by atoms with Gasteiger partial charge in [-0.15, -0.1) is 0 Å². The first kappa shape index (κ1) is 22.2. The average Bonchev–Trinajstić information content (AvgIpc) is 2.85. The molecule has 32 heavy (non-hydrogen) atoms. The van der Waals surface area contributed by atoms with Crippen molar-refractivity contribution in [1.82, 2.24) is 20.1 Å². The van der Waals surface area contributed by atoms with Gasteiger partial charge in [-0.3, -0.25) is 4.99 Å². The van der Waals surface area contributed by atoms with Crippen molar-refractivity contribution in [1.29, 1.82) is 0 Å². The Morgan fingerprint density at radius 3 is 2.44 bits per heavy atom. The third-order valence-corrected chi connectivity index (χ3v) is 6.30. The number of nitrogens with zero attached hydrogens (tertiary/aromatic N) is 6. The van der Waals surface area contributed by atoms with Gasteiger partial charge in [-0.2, -0.15) is 0 Å². The monoisotopic (exact) mass is 437 g/mol. The molecule has 0 amide bonds. The second kappa shape index (κ2) is 10.5. The largest absolute Gasteiger partial charge is 0.495 e. The Kier molecular flexibility index (Phi) is 7.32. The molecule has 0 saturated carbocycles. The molecule has 2 aliphatic rings. The van der Waals surface area contributed by atoms with Gasteiger partial charge in [0.15, 0.2) is 5.96 Å². The summed E-state index contributed by atoms with van der Waals surface area (Å²) in [5.41, 5.74) is 2.38. The van der Waals surface area contributed by atoms with Gasteiger partial charge in [0.1, 0.15) is 11.6 Å². The van der Waals surface area contributed by atoms with Gasteiger partial charge in [0.25, 0.3) is 0 Å². The van der Waals surface area contributed by atoms with Gasteiger partial charge < -0.3 is 29.7 Å². The van der Waals surface area contributed by atoms with Crippen LogP contribution in [0.4, 0.5) is 11.5 Å². The maximum atomic E-state index is 5.54. The van der Waals surface area contributed by atoms with Crippen molar-refractivity contribution < 1.29 is 4.74 Å². The second-order valence-electron chi connectivity index (χ2n) is 8.36. The molecule has 1 N–H and O–H groups in total. The number of nitrogens with one attached hydrogen (secondary N) is 1. The smallest absolute Gasteiger partial charge is 0.194 e. The molecule has 8 nitrogen and oxygen atoms in total. The fourth-order valence-corrected chi connectivity index (χ4v) is 4.34. The Morgan fingerprint density at radius 1 is 1.00 bits per heavy atom. The van der Waals surface area contributed by atoms with E-state index in [0.29, 0.717) is 0 Å². The van der Waals surface area contributed by atoms with E-state index in [1.165, 1.54) is 5.56 Å². The minimum Gasteiger partial charge on any atom is -0.495 e. The van der Waals surface area contributed by atoms with E-state index >= 15 is 0 Å². The van der Waals surface area contributed by atoms with Crippen LogP contribution < -0.4 is 19.9 Å². The number of ether oxygens (including phenoxy) is 1. The number of likely N-dealkylation sites (N-methyl/N-ethyl adjacent to an activating group) is 1. The third kappa shape index (κ3) is 5.24. The van der Waals surface area contributed by atoms with Gasteiger partial charge in [0.05, 0.1) is 12.8 Å². The van der Waals surface area contributed by atoms with Crippen molar-refractivity contribution in [2.45, 2.75) is 6.54 Å². The summed E-state index contributed by atoms with van der Waals surface area (Å²) in [5, 5.41) is 3.55. The molecule has 0 bridgehead atoms. The van der Waals surface area contributed by atoms with Crippen LogP contribution in [0.5, 0.6) is 5.75 Å². The number of pyridine rings is 1. The van der Waals surface area contributed by atoms with Crippen LogP contribution in [-0.2, 0) is 6.54 Å². The van der Waals surface area contributed by atoms with Crippen LogP contribution in [0.15, 0.2) is 47.6 Å². The number of piperazine rings is 2. The molecule has 2 aliphatic heterocycles. The van der Waals surface area contributed by atoms with Crippen LogP contribution >= 0.6 is 0 Å². The molecule has 4 rings (SSSR count). The maximum absolute atomic E-state index is 5.54. The van der Waals surface area contributed by atoms with Crippen LogP contribution in [0.2, 0.25) is 0 Å². The molecule has 0 spiro atoms. The molecule has 2 saturated heterocycles. The van der Waals surface area contributed by atoms with E-state index in [2.05, 4.69) is 66.2 Å². The highest BCUT2D eigenvalue weighted by Crippen LogP contribution is 2.28. The number of rotatable bonds is 5. The van der Waals surface area contributed by atoms with Crippen LogP contribution in [-0.4, -0.2) is 94.3 Å². The fourth-order valence-electron chi connectivity index (χ4n) is 4.34. The minimum absolute atomic E-state index is 0.739. The number of guanidine groups is 1. The molecular weight excluding hydrogens is 402 g/mol. The summed E-state index contributed by atoms with van der Waals surface area (Å²) >= 11 is 0. The Bertz CT molecular complexity index is 903. The first-order chi connectivity index (χ1) is 15.7. The summed E-state index contributed by atoms with van der Waals surface area (Å²) < 4.78 is 5.54. The second-order valence-corrected chi connectivity index (χ2v) is 8.36. The zero-order chi connectivity index (χ0) is 22.3. The average molecular weight is 438 g/mol. The molecule has 2 aromatic rings. The summed E-state index contributed by atoms with van der Waals surface area (Å²) in [5.74, 6) is 2.94. The van der Waals surface area contributed by atoms with Crippen molar-refractivity contribution in [3.8, 4) is 5.75 Å². The van der Waals surface area contributed by atoms with E-state index < -0.39 is 0 Å². The molecule has 2 fully saturated rings. The number of anilines is 2. The number of methoxy groups -OCH3 is 1. The Hall–Kier alpha value is -3.00. The quantitative estimate of drug-likeness (QED) is 0.565. The molecule has 0 atom stereocenters. The van der Waals surface area contributed by atoms with E-state index in [1.54, 1.807) is 7.11 Å². The van der Waals surface area contributed by atoms with Gasteiger partial charge in [-0.05, 0) is 36.9 Å². The normalized spacial score (nSPS) is 18.1. The van der Waals surface area contributed by atoms with E-state index in [-0.39, 0.29) is 0 Å².